The van der Waals surface area contributed by atoms with Gasteiger partial charge in [-0.1, -0.05) is 46.0 Å². The summed E-state index contributed by atoms with van der Waals surface area (Å²) >= 11 is 0. The number of nitrogens with one attached hydrogen (secondary N) is 2. The number of hydrogen-bond donors (Lipinski definition) is 2. The third-order valence-corrected chi connectivity index (χ3v) is 3.79. The van der Waals surface area contributed by atoms with E-state index in [-0.39, 0.29) is 24.3 Å². The SMILES string of the molecule is CC(C)C(=O)N[C@@H](CC1CCCCC1)C(=O)NCC#N. The van der Waals surface area contributed by atoms with Crippen molar-refractivity contribution in [3.8, 4) is 6.07 Å². The molecule has 0 unspecified atom stereocenters. The molecule has 0 aromatic carbocycles. The molecule has 2 amide bonds. The van der Waals surface area contributed by atoms with Crippen LogP contribution in [0.25, 0.3) is 0 Å². The standard InChI is InChI=1S/C15H25N3O2/c1-11(2)14(19)18-13(15(20)17-9-8-16)10-12-6-4-3-5-7-12/h11-13H,3-7,9-10H2,1-2H3,(H,17,20)(H,18,19)/t13-/m0/s1. The van der Waals surface area contributed by atoms with E-state index in [0.29, 0.717) is 12.3 Å². The largest absolute Gasteiger partial charge is 0.344 e. The molecule has 1 aliphatic rings. The van der Waals surface area contributed by atoms with E-state index in [4.69, 9.17) is 5.26 Å². The summed E-state index contributed by atoms with van der Waals surface area (Å²) < 4.78 is 0. The molecule has 0 bridgehead atoms. The number of rotatable bonds is 6. The van der Waals surface area contributed by atoms with Gasteiger partial charge in [0.05, 0.1) is 6.07 Å². The predicted octanol–water partition coefficient (Wildman–Crippen LogP) is 1.74. The summed E-state index contributed by atoms with van der Waals surface area (Å²) in [6, 6.07) is 1.38. The summed E-state index contributed by atoms with van der Waals surface area (Å²) in [5.41, 5.74) is 0. The molecule has 1 saturated carbocycles. The lowest BCUT2D eigenvalue weighted by Gasteiger charge is -2.26. The normalized spacial score (nSPS) is 17.3. The highest BCUT2D eigenvalue weighted by atomic mass is 16.2. The highest BCUT2D eigenvalue weighted by molar-refractivity contribution is 5.88. The maximum absolute atomic E-state index is 12.1. The lowest BCUT2D eigenvalue weighted by molar-refractivity contribution is -0.130. The molecule has 112 valence electrons. The van der Waals surface area contributed by atoms with E-state index in [9.17, 15) is 9.59 Å². The van der Waals surface area contributed by atoms with Crippen LogP contribution in [-0.4, -0.2) is 24.4 Å². The fraction of sp³-hybridized carbons (Fsp3) is 0.800. The van der Waals surface area contributed by atoms with Crippen LogP contribution >= 0.6 is 0 Å². The number of nitrogens with zero attached hydrogens (tertiary/aromatic N) is 1. The van der Waals surface area contributed by atoms with Crippen molar-refractivity contribution in [2.45, 2.75) is 58.4 Å². The molecule has 0 spiro atoms. The predicted molar refractivity (Wildman–Crippen MR) is 76.6 cm³/mol. The zero-order valence-electron chi connectivity index (χ0n) is 12.4. The van der Waals surface area contributed by atoms with Gasteiger partial charge in [-0.2, -0.15) is 5.26 Å². The topological polar surface area (TPSA) is 82.0 Å². The minimum atomic E-state index is -0.513. The molecule has 2 N–H and O–H groups in total. The van der Waals surface area contributed by atoms with Crippen LogP contribution in [-0.2, 0) is 9.59 Å². The molecule has 5 heteroatoms. The summed E-state index contributed by atoms with van der Waals surface area (Å²) in [4.78, 5) is 23.9. The molecular formula is C15H25N3O2. The zero-order chi connectivity index (χ0) is 15.0. The van der Waals surface area contributed by atoms with Crippen molar-refractivity contribution in [2.75, 3.05) is 6.54 Å². The van der Waals surface area contributed by atoms with Gasteiger partial charge in [-0.05, 0) is 12.3 Å². The highest BCUT2D eigenvalue weighted by Crippen LogP contribution is 2.27. The van der Waals surface area contributed by atoms with Crippen molar-refractivity contribution in [2.24, 2.45) is 11.8 Å². The molecule has 0 radical (unpaired) electrons. The quantitative estimate of drug-likeness (QED) is 0.726. The first-order chi connectivity index (χ1) is 9.54. The van der Waals surface area contributed by atoms with E-state index < -0.39 is 6.04 Å². The Labute approximate surface area is 121 Å². The van der Waals surface area contributed by atoms with Gasteiger partial charge in [0.15, 0.2) is 0 Å². The second-order valence-corrected chi connectivity index (χ2v) is 5.83. The third kappa shape index (κ3) is 5.60. The first-order valence-electron chi connectivity index (χ1n) is 7.49. The Morgan fingerprint density at radius 1 is 1.20 bits per heavy atom. The Hall–Kier alpha value is -1.57. The molecule has 0 aromatic heterocycles. The molecule has 1 atom stereocenters. The summed E-state index contributed by atoms with van der Waals surface area (Å²) in [6.45, 7) is 3.60. The molecule has 0 saturated heterocycles. The Bertz CT molecular complexity index is 368. The van der Waals surface area contributed by atoms with Crippen molar-refractivity contribution in [1.29, 1.82) is 5.26 Å². The molecule has 1 aliphatic carbocycles. The van der Waals surface area contributed by atoms with Crippen LogP contribution in [0.1, 0.15) is 52.4 Å². The van der Waals surface area contributed by atoms with E-state index in [0.717, 1.165) is 12.8 Å². The number of carbonyl (C=O) groups is 2. The zero-order valence-corrected chi connectivity index (χ0v) is 12.4. The summed E-state index contributed by atoms with van der Waals surface area (Å²) in [7, 11) is 0. The Balaban J connectivity index is 2.59. The van der Waals surface area contributed by atoms with Crippen LogP contribution in [0.3, 0.4) is 0 Å². The van der Waals surface area contributed by atoms with Crippen LogP contribution < -0.4 is 10.6 Å². The van der Waals surface area contributed by atoms with Crippen molar-refractivity contribution in [3.05, 3.63) is 0 Å². The molecule has 0 aromatic rings. The van der Waals surface area contributed by atoms with Crippen LogP contribution in [0, 0.1) is 23.2 Å². The van der Waals surface area contributed by atoms with Gasteiger partial charge in [0.25, 0.3) is 0 Å². The van der Waals surface area contributed by atoms with Crippen LogP contribution in [0.5, 0.6) is 0 Å². The van der Waals surface area contributed by atoms with Gasteiger partial charge < -0.3 is 10.6 Å². The molecule has 20 heavy (non-hydrogen) atoms. The van der Waals surface area contributed by atoms with Crippen LogP contribution in [0.15, 0.2) is 0 Å². The summed E-state index contributed by atoms with van der Waals surface area (Å²) in [5, 5.41) is 13.9. The molecule has 1 rings (SSSR count). The minimum absolute atomic E-state index is 0.0163. The molecule has 0 heterocycles. The first-order valence-corrected chi connectivity index (χ1v) is 7.49. The van der Waals surface area contributed by atoms with Gasteiger partial charge in [0.2, 0.25) is 11.8 Å². The first kappa shape index (κ1) is 16.5. The van der Waals surface area contributed by atoms with Gasteiger partial charge in [0.1, 0.15) is 12.6 Å². The summed E-state index contributed by atoms with van der Waals surface area (Å²) in [6.07, 6.45) is 6.60. The van der Waals surface area contributed by atoms with Gasteiger partial charge in [-0.3, -0.25) is 9.59 Å². The van der Waals surface area contributed by atoms with E-state index >= 15 is 0 Å². The van der Waals surface area contributed by atoms with Gasteiger partial charge in [0, 0.05) is 5.92 Å². The fourth-order valence-corrected chi connectivity index (χ4v) is 2.58. The fourth-order valence-electron chi connectivity index (χ4n) is 2.58. The van der Waals surface area contributed by atoms with Gasteiger partial charge >= 0.3 is 0 Å². The number of nitriles is 1. The lowest BCUT2D eigenvalue weighted by atomic mass is 9.84. The summed E-state index contributed by atoms with van der Waals surface area (Å²) in [5.74, 6) is -0.00860. The van der Waals surface area contributed by atoms with Gasteiger partial charge in [-0.25, -0.2) is 0 Å². The average Bonchev–Trinajstić information content (AvgIpc) is 2.44. The maximum Gasteiger partial charge on any atom is 0.243 e. The van der Waals surface area contributed by atoms with Crippen molar-refractivity contribution in [3.63, 3.8) is 0 Å². The highest BCUT2D eigenvalue weighted by Gasteiger charge is 2.26. The van der Waals surface area contributed by atoms with Crippen LogP contribution in [0.2, 0.25) is 0 Å². The second-order valence-electron chi connectivity index (χ2n) is 5.83. The molecule has 0 aliphatic heterocycles. The second kappa shape index (κ2) is 8.57. The van der Waals surface area contributed by atoms with E-state index in [2.05, 4.69) is 10.6 Å². The lowest BCUT2D eigenvalue weighted by Crippen LogP contribution is -2.49. The Kier molecular flexibility index (Phi) is 7.06. The van der Waals surface area contributed by atoms with Gasteiger partial charge in [-0.15, -0.1) is 0 Å². The number of amides is 2. The van der Waals surface area contributed by atoms with Crippen LogP contribution in [0.4, 0.5) is 0 Å². The Morgan fingerprint density at radius 3 is 2.40 bits per heavy atom. The van der Waals surface area contributed by atoms with Crippen molar-refractivity contribution >= 4 is 11.8 Å². The molecular weight excluding hydrogens is 254 g/mol. The van der Waals surface area contributed by atoms with E-state index in [1.807, 2.05) is 6.07 Å². The van der Waals surface area contributed by atoms with Crippen molar-refractivity contribution < 1.29 is 9.59 Å². The van der Waals surface area contributed by atoms with E-state index in [1.165, 1.54) is 19.3 Å². The van der Waals surface area contributed by atoms with Crippen molar-refractivity contribution in [1.82, 2.24) is 10.6 Å². The number of carbonyl (C=O) groups excluding carboxylic acids is 2. The maximum atomic E-state index is 12.1. The average molecular weight is 279 g/mol. The third-order valence-electron chi connectivity index (χ3n) is 3.79. The molecule has 1 fully saturated rings. The Morgan fingerprint density at radius 2 is 1.85 bits per heavy atom. The minimum Gasteiger partial charge on any atom is -0.344 e. The number of hydrogen-bond acceptors (Lipinski definition) is 3. The smallest absolute Gasteiger partial charge is 0.243 e. The monoisotopic (exact) mass is 279 g/mol. The van der Waals surface area contributed by atoms with E-state index in [1.54, 1.807) is 13.8 Å². The molecule has 5 nitrogen and oxygen atoms in total.